The maximum atomic E-state index is 6.13. The Balaban J connectivity index is 2.71. The topological polar surface area (TPSA) is 35.2 Å². The van der Waals surface area contributed by atoms with Crippen molar-refractivity contribution >= 4 is 0 Å². The standard InChI is InChI=1S/C13H21NO/c1-4-10(2)12(14)9-11-7-5-6-8-13(11)15-3/h5-8,10,12H,4,9,14H2,1-3H3. The molecule has 0 aliphatic carbocycles. The van der Waals surface area contributed by atoms with E-state index in [1.165, 1.54) is 5.56 Å². The van der Waals surface area contributed by atoms with Gasteiger partial charge >= 0.3 is 0 Å². The fourth-order valence-electron chi connectivity index (χ4n) is 1.63. The second-order valence-corrected chi connectivity index (χ2v) is 4.07. The summed E-state index contributed by atoms with van der Waals surface area (Å²) in [4.78, 5) is 0. The molecule has 2 heteroatoms. The smallest absolute Gasteiger partial charge is 0.122 e. The lowest BCUT2D eigenvalue weighted by Crippen LogP contribution is -2.30. The average Bonchev–Trinajstić information content (AvgIpc) is 2.28. The van der Waals surface area contributed by atoms with Gasteiger partial charge in [0.25, 0.3) is 0 Å². The number of para-hydroxylation sites is 1. The van der Waals surface area contributed by atoms with Crippen molar-refractivity contribution < 1.29 is 4.74 Å². The molecule has 0 bridgehead atoms. The second kappa shape index (κ2) is 5.76. The van der Waals surface area contributed by atoms with Crippen molar-refractivity contribution in [2.24, 2.45) is 11.7 Å². The summed E-state index contributed by atoms with van der Waals surface area (Å²) in [6.07, 6.45) is 2.01. The van der Waals surface area contributed by atoms with E-state index < -0.39 is 0 Å². The number of hydrogen-bond donors (Lipinski definition) is 1. The van der Waals surface area contributed by atoms with Gasteiger partial charge in [-0.1, -0.05) is 38.5 Å². The first-order valence-electron chi connectivity index (χ1n) is 5.56. The van der Waals surface area contributed by atoms with Crippen LogP contribution in [0.4, 0.5) is 0 Å². The Morgan fingerprint density at radius 3 is 2.60 bits per heavy atom. The molecular weight excluding hydrogens is 186 g/mol. The van der Waals surface area contributed by atoms with Crippen LogP contribution in [0.2, 0.25) is 0 Å². The van der Waals surface area contributed by atoms with E-state index in [9.17, 15) is 0 Å². The molecule has 2 unspecified atom stereocenters. The minimum atomic E-state index is 0.214. The van der Waals surface area contributed by atoms with Gasteiger partial charge in [0.05, 0.1) is 7.11 Å². The third kappa shape index (κ3) is 3.24. The van der Waals surface area contributed by atoms with Gasteiger partial charge in [0.1, 0.15) is 5.75 Å². The summed E-state index contributed by atoms with van der Waals surface area (Å²) in [5, 5.41) is 0. The summed E-state index contributed by atoms with van der Waals surface area (Å²) < 4.78 is 5.30. The molecule has 2 N–H and O–H groups in total. The Hall–Kier alpha value is -1.02. The quantitative estimate of drug-likeness (QED) is 0.805. The van der Waals surface area contributed by atoms with Crippen molar-refractivity contribution in [3.05, 3.63) is 29.8 Å². The van der Waals surface area contributed by atoms with Gasteiger partial charge in [-0.3, -0.25) is 0 Å². The van der Waals surface area contributed by atoms with Gasteiger partial charge in [0, 0.05) is 6.04 Å². The van der Waals surface area contributed by atoms with E-state index >= 15 is 0 Å². The molecule has 0 saturated carbocycles. The predicted molar refractivity (Wildman–Crippen MR) is 64.1 cm³/mol. The summed E-state index contributed by atoms with van der Waals surface area (Å²) in [7, 11) is 1.70. The van der Waals surface area contributed by atoms with E-state index in [4.69, 9.17) is 10.5 Å². The SMILES string of the molecule is CCC(C)C(N)Cc1ccccc1OC. The Morgan fingerprint density at radius 2 is 2.00 bits per heavy atom. The van der Waals surface area contributed by atoms with Crippen LogP contribution in [0.5, 0.6) is 5.75 Å². The first-order chi connectivity index (χ1) is 7.19. The molecule has 0 spiro atoms. The highest BCUT2D eigenvalue weighted by Crippen LogP contribution is 2.20. The number of benzene rings is 1. The number of hydrogen-bond acceptors (Lipinski definition) is 2. The molecule has 1 aromatic rings. The zero-order valence-electron chi connectivity index (χ0n) is 9.86. The molecule has 15 heavy (non-hydrogen) atoms. The molecule has 0 fully saturated rings. The molecule has 1 aromatic carbocycles. The molecule has 1 rings (SSSR count). The zero-order valence-corrected chi connectivity index (χ0v) is 9.86. The Labute approximate surface area is 92.4 Å². The zero-order chi connectivity index (χ0) is 11.3. The average molecular weight is 207 g/mol. The van der Waals surface area contributed by atoms with Gasteiger partial charge in [0.2, 0.25) is 0 Å². The van der Waals surface area contributed by atoms with Crippen molar-refractivity contribution in [3.8, 4) is 5.75 Å². The molecule has 84 valence electrons. The molecule has 0 aliphatic heterocycles. The summed E-state index contributed by atoms with van der Waals surface area (Å²) in [6, 6.07) is 8.30. The van der Waals surface area contributed by atoms with E-state index in [1.54, 1.807) is 7.11 Å². The van der Waals surface area contributed by atoms with Gasteiger partial charge in [-0.2, -0.15) is 0 Å². The largest absolute Gasteiger partial charge is 0.496 e. The molecule has 0 saturated heterocycles. The lowest BCUT2D eigenvalue weighted by Gasteiger charge is -2.19. The number of methoxy groups -OCH3 is 1. The summed E-state index contributed by atoms with van der Waals surface area (Å²) in [6.45, 7) is 4.37. The molecule has 2 atom stereocenters. The number of rotatable bonds is 5. The van der Waals surface area contributed by atoms with Crippen LogP contribution in [-0.4, -0.2) is 13.2 Å². The highest BCUT2D eigenvalue weighted by atomic mass is 16.5. The molecular formula is C13H21NO. The normalized spacial score (nSPS) is 14.7. The third-order valence-corrected chi connectivity index (χ3v) is 3.02. The second-order valence-electron chi connectivity index (χ2n) is 4.07. The fourth-order valence-corrected chi connectivity index (χ4v) is 1.63. The predicted octanol–water partition coefficient (Wildman–Crippen LogP) is 2.61. The molecule has 2 nitrogen and oxygen atoms in total. The van der Waals surface area contributed by atoms with Crippen LogP contribution in [-0.2, 0) is 6.42 Å². The number of nitrogens with two attached hydrogens (primary N) is 1. The van der Waals surface area contributed by atoms with Crippen LogP contribution in [0.1, 0.15) is 25.8 Å². The van der Waals surface area contributed by atoms with E-state index in [2.05, 4.69) is 19.9 Å². The summed E-state index contributed by atoms with van der Waals surface area (Å²) in [5.74, 6) is 1.49. The van der Waals surface area contributed by atoms with E-state index in [1.807, 2.05) is 18.2 Å². The Kier molecular flexibility index (Phi) is 4.63. The van der Waals surface area contributed by atoms with Gasteiger partial charge in [0.15, 0.2) is 0 Å². The summed E-state index contributed by atoms with van der Waals surface area (Å²) >= 11 is 0. The van der Waals surface area contributed by atoms with Gasteiger partial charge < -0.3 is 10.5 Å². The van der Waals surface area contributed by atoms with Gasteiger partial charge in [-0.25, -0.2) is 0 Å². The maximum Gasteiger partial charge on any atom is 0.122 e. The Morgan fingerprint density at radius 1 is 1.33 bits per heavy atom. The first-order valence-corrected chi connectivity index (χ1v) is 5.56. The molecule has 0 aromatic heterocycles. The van der Waals surface area contributed by atoms with E-state index in [0.717, 1.165) is 18.6 Å². The molecule has 0 heterocycles. The minimum absolute atomic E-state index is 0.214. The highest BCUT2D eigenvalue weighted by molar-refractivity contribution is 5.33. The first kappa shape index (κ1) is 12.1. The van der Waals surface area contributed by atoms with Crippen molar-refractivity contribution in [2.75, 3.05) is 7.11 Å². The maximum absolute atomic E-state index is 6.13. The van der Waals surface area contributed by atoms with Crippen LogP contribution in [0.25, 0.3) is 0 Å². The molecule has 0 radical (unpaired) electrons. The summed E-state index contributed by atoms with van der Waals surface area (Å²) in [5.41, 5.74) is 7.33. The van der Waals surface area contributed by atoms with Crippen LogP contribution in [0, 0.1) is 5.92 Å². The monoisotopic (exact) mass is 207 g/mol. The van der Waals surface area contributed by atoms with Crippen LogP contribution < -0.4 is 10.5 Å². The van der Waals surface area contributed by atoms with E-state index in [0.29, 0.717) is 5.92 Å². The molecule has 0 aliphatic rings. The lowest BCUT2D eigenvalue weighted by molar-refractivity contribution is 0.397. The van der Waals surface area contributed by atoms with Crippen molar-refractivity contribution in [1.82, 2.24) is 0 Å². The van der Waals surface area contributed by atoms with Crippen LogP contribution >= 0.6 is 0 Å². The van der Waals surface area contributed by atoms with E-state index in [-0.39, 0.29) is 6.04 Å². The van der Waals surface area contributed by atoms with Gasteiger partial charge in [-0.15, -0.1) is 0 Å². The minimum Gasteiger partial charge on any atom is -0.496 e. The fraction of sp³-hybridized carbons (Fsp3) is 0.538. The third-order valence-electron chi connectivity index (χ3n) is 3.02. The Bertz CT molecular complexity index is 298. The van der Waals surface area contributed by atoms with Crippen LogP contribution in [0.15, 0.2) is 24.3 Å². The van der Waals surface area contributed by atoms with Crippen LogP contribution in [0.3, 0.4) is 0 Å². The molecule has 0 amide bonds. The van der Waals surface area contributed by atoms with Gasteiger partial charge in [-0.05, 0) is 24.0 Å². The lowest BCUT2D eigenvalue weighted by atomic mass is 9.93. The highest BCUT2D eigenvalue weighted by Gasteiger charge is 2.13. The van der Waals surface area contributed by atoms with Crippen molar-refractivity contribution in [3.63, 3.8) is 0 Å². The number of ether oxygens (including phenoxy) is 1. The van der Waals surface area contributed by atoms with Crippen molar-refractivity contribution in [2.45, 2.75) is 32.7 Å². The van der Waals surface area contributed by atoms with Crippen molar-refractivity contribution in [1.29, 1.82) is 0 Å².